The molecule has 1 atom stereocenters. The maximum atomic E-state index is 5.81. The molecule has 0 amide bonds. The minimum atomic E-state index is 0.669. The number of halogens is 1. The molecule has 1 saturated heterocycles. The van der Waals surface area contributed by atoms with Gasteiger partial charge in [0.2, 0.25) is 0 Å². The lowest BCUT2D eigenvalue weighted by atomic mass is 9.95. The average molecular weight is 282 g/mol. The first kappa shape index (κ1) is 10.6. The lowest BCUT2D eigenvalue weighted by Gasteiger charge is -2.35. The summed E-state index contributed by atoms with van der Waals surface area (Å²) >= 11 is 3.52. The van der Waals surface area contributed by atoms with Crippen molar-refractivity contribution in [3.63, 3.8) is 0 Å². The lowest BCUT2D eigenvalue weighted by molar-refractivity contribution is 0.116. The molecule has 2 aliphatic heterocycles. The molecule has 16 heavy (non-hydrogen) atoms. The summed E-state index contributed by atoms with van der Waals surface area (Å²) < 4.78 is 6.97. The maximum Gasteiger partial charge on any atom is 0.122 e. The van der Waals surface area contributed by atoms with Crippen molar-refractivity contribution in [1.29, 1.82) is 0 Å². The third-order valence-corrected chi connectivity index (χ3v) is 3.96. The van der Waals surface area contributed by atoms with E-state index >= 15 is 0 Å². The van der Waals surface area contributed by atoms with Crippen LogP contribution < -0.4 is 4.74 Å². The van der Waals surface area contributed by atoms with Crippen molar-refractivity contribution < 1.29 is 4.74 Å². The number of ether oxygens (including phenoxy) is 1. The Hall–Kier alpha value is -0.540. The minimum Gasteiger partial charge on any atom is -0.493 e. The van der Waals surface area contributed by atoms with Crippen LogP contribution in [0.2, 0.25) is 0 Å². The van der Waals surface area contributed by atoms with E-state index in [0.717, 1.165) is 23.2 Å². The zero-order valence-electron chi connectivity index (χ0n) is 9.29. The van der Waals surface area contributed by atoms with Crippen LogP contribution in [0.5, 0.6) is 5.75 Å². The molecule has 0 radical (unpaired) electrons. The number of fused-ring (bicyclic) bond motifs is 1. The molecule has 0 aliphatic carbocycles. The first-order chi connectivity index (χ1) is 7.81. The fourth-order valence-electron chi connectivity index (χ4n) is 2.47. The topological polar surface area (TPSA) is 12.5 Å². The van der Waals surface area contributed by atoms with Gasteiger partial charge in [0, 0.05) is 16.9 Å². The van der Waals surface area contributed by atoms with Crippen LogP contribution in [0.4, 0.5) is 0 Å². The second kappa shape index (κ2) is 4.38. The van der Waals surface area contributed by atoms with Gasteiger partial charge in [-0.2, -0.15) is 0 Å². The molecule has 2 nitrogen and oxygen atoms in total. The number of benzene rings is 1. The van der Waals surface area contributed by atoms with Crippen LogP contribution >= 0.6 is 15.9 Å². The van der Waals surface area contributed by atoms with Gasteiger partial charge in [-0.1, -0.05) is 15.9 Å². The molecule has 0 saturated carbocycles. The maximum absolute atomic E-state index is 5.81. The molecule has 0 bridgehead atoms. The van der Waals surface area contributed by atoms with E-state index in [0.29, 0.717) is 5.92 Å². The Morgan fingerprint density at radius 3 is 3.00 bits per heavy atom. The zero-order chi connectivity index (χ0) is 11.0. The first-order valence-electron chi connectivity index (χ1n) is 5.95. The van der Waals surface area contributed by atoms with Gasteiger partial charge in [0.15, 0.2) is 0 Å². The third kappa shape index (κ3) is 2.11. The van der Waals surface area contributed by atoms with Crippen LogP contribution in [0.3, 0.4) is 0 Å². The highest BCUT2D eigenvalue weighted by molar-refractivity contribution is 9.10. The Morgan fingerprint density at radius 2 is 2.25 bits per heavy atom. The molecule has 86 valence electrons. The van der Waals surface area contributed by atoms with Crippen molar-refractivity contribution in [2.24, 2.45) is 5.92 Å². The van der Waals surface area contributed by atoms with E-state index in [4.69, 9.17) is 4.74 Å². The van der Waals surface area contributed by atoms with Crippen molar-refractivity contribution in [3.05, 3.63) is 28.2 Å². The Balaban J connectivity index is 1.69. The van der Waals surface area contributed by atoms with E-state index < -0.39 is 0 Å². The van der Waals surface area contributed by atoms with Gasteiger partial charge in [-0.15, -0.1) is 0 Å². The first-order valence-corrected chi connectivity index (χ1v) is 6.74. The molecule has 1 aromatic carbocycles. The molecule has 1 fully saturated rings. The highest BCUT2D eigenvalue weighted by Gasteiger charge is 2.24. The molecule has 3 rings (SSSR count). The van der Waals surface area contributed by atoms with Crippen LogP contribution in [0, 0.1) is 5.92 Å². The van der Waals surface area contributed by atoms with E-state index in [2.05, 4.69) is 39.0 Å². The summed E-state index contributed by atoms with van der Waals surface area (Å²) in [6.07, 6.45) is 2.53. The third-order valence-electron chi connectivity index (χ3n) is 3.47. The molecule has 3 heteroatoms. The van der Waals surface area contributed by atoms with Crippen LogP contribution in [-0.4, -0.2) is 31.1 Å². The Labute approximate surface area is 105 Å². The fourth-order valence-corrected chi connectivity index (χ4v) is 2.88. The van der Waals surface area contributed by atoms with Gasteiger partial charge in [0.05, 0.1) is 6.61 Å². The molecule has 1 aromatic rings. The van der Waals surface area contributed by atoms with Crippen molar-refractivity contribution >= 4 is 15.9 Å². The summed E-state index contributed by atoms with van der Waals surface area (Å²) in [5.74, 6) is 1.74. The quantitative estimate of drug-likeness (QED) is 0.827. The summed E-state index contributed by atoms with van der Waals surface area (Å²) in [6, 6.07) is 6.31. The molecular formula is C13H16BrNO. The molecule has 1 unspecified atom stereocenters. The SMILES string of the molecule is Brc1ccc2c(c1)CC(CN1CCC1)CO2. The summed E-state index contributed by atoms with van der Waals surface area (Å²) in [6.45, 7) is 4.64. The Bertz CT molecular complexity index is 390. The number of hydrogen-bond acceptors (Lipinski definition) is 2. The monoisotopic (exact) mass is 281 g/mol. The standard InChI is InChI=1S/C13H16BrNO/c14-12-2-3-13-11(7-12)6-10(9-16-13)8-15-4-1-5-15/h2-3,7,10H,1,4-6,8-9H2. The van der Waals surface area contributed by atoms with E-state index in [9.17, 15) is 0 Å². The van der Waals surface area contributed by atoms with Crippen molar-refractivity contribution in [2.75, 3.05) is 26.2 Å². The predicted octanol–water partition coefficient (Wildman–Crippen LogP) is 2.71. The minimum absolute atomic E-state index is 0.669. The molecule has 2 heterocycles. The van der Waals surface area contributed by atoms with Gasteiger partial charge < -0.3 is 9.64 Å². The van der Waals surface area contributed by atoms with E-state index in [-0.39, 0.29) is 0 Å². The fraction of sp³-hybridized carbons (Fsp3) is 0.538. The van der Waals surface area contributed by atoms with Crippen LogP contribution in [0.25, 0.3) is 0 Å². The Kier molecular flexibility index (Phi) is 2.90. The van der Waals surface area contributed by atoms with Gasteiger partial charge in [0.1, 0.15) is 5.75 Å². The second-order valence-electron chi connectivity index (χ2n) is 4.79. The van der Waals surface area contributed by atoms with Gasteiger partial charge >= 0.3 is 0 Å². The summed E-state index contributed by atoms with van der Waals surface area (Å²) in [5, 5.41) is 0. The zero-order valence-corrected chi connectivity index (χ0v) is 10.9. The molecule has 0 aromatic heterocycles. The molecule has 0 N–H and O–H groups in total. The van der Waals surface area contributed by atoms with Crippen molar-refractivity contribution in [3.8, 4) is 5.75 Å². The van der Waals surface area contributed by atoms with E-state index in [1.807, 2.05) is 0 Å². The largest absolute Gasteiger partial charge is 0.493 e. The van der Waals surface area contributed by atoms with Crippen LogP contribution in [0.15, 0.2) is 22.7 Å². The molecule has 0 spiro atoms. The van der Waals surface area contributed by atoms with Crippen molar-refractivity contribution in [1.82, 2.24) is 4.90 Å². The number of rotatable bonds is 2. The molecule has 2 aliphatic rings. The van der Waals surface area contributed by atoms with E-state index in [1.165, 1.54) is 31.6 Å². The highest BCUT2D eigenvalue weighted by Crippen LogP contribution is 2.30. The van der Waals surface area contributed by atoms with Crippen LogP contribution in [0.1, 0.15) is 12.0 Å². The molecular weight excluding hydrogens is 266 g/mol. The number of nitrogens with zero attached hydrogens (tertiary/aromatic N) is 1. The van der Waals surface area contributed by atoms with Crippen LogP contribution in [-0.2, 0) is 6.42 Å². The van der Waals surface area contributed by atoms with Gasteiger partial charge in [-0.05, 0) is 49.7 Å². The van der Waals surface area contributed by atoms with E-state index in [1.54, 1.807) is 0 Å². The normalized spacial score (nSPS) is 24.4. The second-order valence-corrected chi connectivity index (χ2v) is 5.70. The lowest BCUT2D eigenvalue weighted by Crippen LogP contribution is -2.42. The Morgan fingerprint density at radius 1 is 1.38 bits per heavy atom. The average Bonchev–Trinajstić information content (AvgIpc) is 2.23. The smallest absolute Gasteiger partial charge is 0.122 e. The predicted molar refractivity (Wildman–Crippen MR) is 67.9 cm³/mol. The summed E-state index contributed by atoms with van der Waals surface area (Å²) in [5.41, 5.74) is 1.35. The van der Waals surface area contributed by atoms with Gasteiger partial charge in [0.25, 0.3) is 0 Å². The van der Waals surface area contributed by atoms with Gasteiger partial charge in [-0.3, -0.25) is 0 Å². The summed E-state index contributed by atoms with van der Waals surface area (Å²) in [4.78, 5) is 2.52. The highest BCUT2D eigenvalue weighted by atomic mass is 79.9. The number of hydrogen-bond donors (Lipinski definition) is 0. The van der Waals surface area contributed by atoms with Gasteiger partial charge in [-0.25, -0.2) is 0 Å². The summed E-state index contributed by atoms with van der Waals surface area (Å²) in [7, 11) is 0. The van der Waals surface area contributed by atoms with Crippen molar-refractivity contribution in [2.45, 2.75) is 12.8 Å². The number of likely N-dealkylation sites (tertiary alicyclic amines) is 1.